The Morgan fingerprint density at radius 2 is 2.00 bits per heavy atom. The van der Waals surface area contributed by atoms with Crippen molar-refractivity contribution in [2.45, 2.75) is 45.6 Å². The van der Waals surface area contributed by atoms with Crippen molar-refractivity contribution in [1.82, 2.24) is 10.2 Å². The molecule has 2 aliphatic rings. The van der Waals surface area contributed by atoms with E-state index in [-0.39, 0.29) is 6.03 Å². The van der Waals surface area contributed by atoms with Gasteiger partial charge in [-0.15, -0.1) is 0 Å². The SMILES string of the molecule is CC(C)N1CC2(CCCC2)CNC1=O. The number of hydrogen-bond donors (Lipinski definition) is 1. The Balaban J connectivity index is 2.08. The Bertz CT molecular complexity index is 231. The molecule has 1 aliphatic heterocycles. The van der Waals surface area contributed by atoms with Crippen molar-refractivity contribution >= 4 is 6.03 Å². The van der Waals surface area contributed by atoms with Gasteiger partial charge in [0.1, 0.15) is 0 Å². The fraction of sp³-hybridized carbons (Fsp3) is 0.909. The molecule has 0 aromatic rings. The Hall–Kier alpha value is -0.730. The van der Waals surface area contributed by atoms with Gasteiger partial charge >= 0.3 is 6.03 Å². The largest absolute Gasteiger partial charge is 0.337 e. The molecule has 80 valence electrons. The maximum Gasteiger partial charge on any atom is 0.317 e. The number of amides is 2. The summed E-state index contributed by atoms with van der Waals surface area (Å²) in [5.41, 5.74) is 0.401. The highest BCUT2D eigenvalue weighted by atomic mass is 16.2. The van der Waals surface area contributed by atoms with Gasteiger partial charge in [0.2, 0.25) is 0 Å². The van der Waals surface area contributed by atoms with Crippen LogP contribution in [0.25, 0.3) is 0 Å². The fourth-order valence-corrected chi connectivity index (χ4v) is 2.73. The molecule has 0 unspecified atom stereocenters. The minimum absolute atomic E-state index is 0.123. The van der Waals surface area contributed by atoms with Gasteiger partial charge in [0.15, 0.2) is 0 Å². The van der Waals surface area contributed by atoms with Crippen LogP contribution in [0.2, 0.25) is 0 Å². The summed E-state index contributed by atoms with van der Waals surface area (Å²) in [6, 6.07) is 0.449. The third kappa shape index (κ3) is 1.60. The molecule has 1 saturated heterocycles. The van der Waals surface area contributed by atoms with Crippen LogP contribution in [0.3, 0.4) is 0 Å². The van der Waals surface area contributed by atoms with Gasteiger partial charge in [-0.05, 0) is 26.7 Å². The topological polar surface area (TPSA) is 32.3 Å². The first kappa shape index (κ1) is 9.81. The number of nitrogens with zero attached hydrogens (tertiary/aromatic N) is 1. The van der Waals surface area contributed by atoms with Gasteiger partial charge in [0, 0.05) is 24.5 Å². The number of nitrogens with one attached hydrogen (secondary N) is 1. The summed E-state index contributed by atoms with van der Waals surface area (Å²) in [6.45, 7) is 6.05. The third-order valence-electron chi connectivity index (χ3n) is 3.67. The zero-order chi connectivity index (χ0) is 10.2. The van der Waals surface area contributed by atoms with Crippen LogP contribution < -0.4 is 5.32 Å². The molecule has 3 nitrogen and oxygen atoms in total. The Morgan fingerprint density at radius 3 is 2.57 bits per heavy atom. The third-order valence-corrected chi connectivity index (χ3v) is 3.67. The fourth-order valence-electron chi connectivity index (χ4n) is 2.73. The van der Waals surface area contributed by atoms with E-state index in [1.807, 2.05) is 4.90 Å². The lowest BCUT2D eigenvalue weighted by molar-refractivity contribution is 0.104. The van der Waals surface area contributed by atoms with E-state index in [0.717, 1.165) is 13.1 Å². The summed E-state index contributed by atoms with van der Waals surface area (Å²) in [7, 11) is 0. The zero-order valence-electron chi connectivity index (χ0n) is 9.18. The smallest absolute Gasteiger partial charge is 0.317 e. The van der Waals surface area contributed by atoms with E-state index in [9.17, 15) is 4.79 Å². The second kappa shape index (κ2) is 3.44. The first-order valence-corrected chi connectivity index (χ1v) is 5.67. The van der Waals surface area contributed by atoms with Crippen molar-refractivity contribution in [1.29, 1.82) is 0 Å². The molecule has 1 heterocycles. The summed E-state index contributed by atoms with van der Waals surface area (Å²) < 4.78 is 0. The molecule has 1 spiro atoms. The highest BCUT2D eigenvalue weighted by Crippen LogP contribution is 2.40. The second-order valence-corrected chi connectivity index (χ2v) is 5.09. The molecule has 14 heavy (non-hydrogen) atoms. The van der Waals surface area contributed by atoms with Crippen molar-refractivity contribution in [3.8, 4) is 0 Å². The highest BCUT2D eigenvalue weighted by molar-refractivity contribution is 5.75. The number of rotatable bonds is 1. The van der Waals surface area contributed by atoms with E-state index in [2.05, 4.69) is 19.2 Å². The molecule has 0 aromatic heterocycles. The lowest BCUT2D eigenvalue weighted by Crippen LogP contribution is -2.57. The molecular formula is C11H20N2O. The van der Waals surface area contributed by atoms with Gasteiger partial charge in [0.05, 0.1) is 0 Å². The van der Waals surface area contributed by atoms with Crippen molar-refractivity contribution in [2.75, 3.05) is 13.1 Å². The number of carbonyl (C=O) groups excluding carboxylic acids is 1. The predicted molar refractivity (Wildman–Crippen MR) is 56.1 cm³/mol. The van der Waals surface area contributed by atoms with Crippen LogP contribution in [0, 0.1) is 5.41 Å². The van der Waals surface area contributed by atoms with Crippen LogP contribution in [0.5, 0.6) is 0 Å². The molecule has 0 atom stereocenters. The van der Waals surface area contributed by atoms with Crippen molar-refractivity contribution < 1.29 is 4.79 Å². The van der Waals surface area contributed by atoms with Crippen LogP contribution in [-0.4, -0.2) is 30.1 Å². The van der Waals surface area contributed by atoms with Crippen molar-refractivity contribution in [2.24, 2.45) is 5.41 Å². The average Bonchev–Trinajstić information content (AvgIpc) is 2.58. The highest BCUT2D eigenvalue weighted by Gasteiger charge is 2.41. The summed E-state index contributed by atoms with van der Waals surface area (Å²) in [5.74, 6) is 0. The molecule has 0 radical (unpaired) electrons. The summed E-state index contributed by atoms with van der Waals surface area (Å²) in [4.78, 5) is 13.6. The van der Waals surface area contributed by atoms with Crippen LogP contribution >= 0.6 is 0 Å². The van der Waals surface area contributed by atoms with Crippen molar-refractivity contribution in [3.05, 3.63) is 0 Å². The molecule has 1 aliphatic carbocycles. The van der Waals surface area contributed by atoms with Gasteiger partial charge < -0.3 is 10.2 Å². The standard InChI is InChI=1S/C11H20N2O/c1-9(2)13-8-11(5-3-4-6-11)7-12-10(13)14/h9H,3-8H2,1-2H3,(H,12,14). The number of carbonyl (C=O) groups is 1. The molecule has 2 fully saturated rings. The second-order valence-electron chi connectivity index (χ2n) is 5.09. The molecule has 3 heteroatoms. The van der Waals surface area contributed by atoms with Crippen LogP contribution in [0.4, 0.5) is 4.79 Å². The molecular weight excluding hydrogens is 176 g/mol. The Kier molecular flexibility index (Phi) is 2.41. The normalized spacial score (nSPS) is 25.9. The molecule has 1 saturated carbocycles. The minimum atomic E-state index is 0.123. The average molecular weight is 196 g/mol. The molecule has 2 amide bonds. The van der Waals surface area contributed by atoms with Gasteiger partial charge in [-0.2, -0.15) is 0 Å². The Morgan fingerprint density at radius 1 is 1.36 bits per heavy atom. The number of urea groups is 1. The summed E-state index contributed by atoms with van der Waals surface area (Å²) >= 11 is 0. The van der Waals surface area contributed by atoms with Crippen LogP contribution in [0.1, 0.15) is 39.5 Å². The van der Waals surface area contributed by atoms with Gasteiger partial charge in [0.25, 0.3) is 0 Å². The molecule has 0 bridgehead atoms. The van der Waals surface area contributed by atoms with Gasteiger partial charge in [-0.3, -0.25) is 0 Å². The maximum atomic E-state index is 11.6. The number of hydrogen-bond acceptors (Lipinski definition) is 1. The Labute approximate surface area is 85.8 Å². The maximum absolute atomic E-state index is 11.6. The van der Waals surface area contributed by atoms with E-state index in [4.69, 9.17) is 0 Å². The van der Waals surface area contributed by atoms with Crippen LogP contribution in [0.15, 0.2) is 0 Å². The lowest BCUT2D eigenvalue weighted by atomic mass is 9.84. The predicted octanol–water partition coefficient (Wildman–Crippen LogP) is 1.98. The monoisotopic (exact) mass is 196 g/mol. The van der Waals surface area contributed by atoms with E-state index in [1.54, 1.807) is 0 Å². The molecule has 0 aromatic carbocycles. The minimum Gasteiger partial charge on any atom is -0.337 e. The molecule has 1 N–H and O–H groups in total. The van der Waals surface area contributed by atoms with E-state index >= 15 is 0 Å². The van der Waals surface area contributed by atoms with E-state index in [0.29, 0.717) is 11.5 Å². The van der Waals surface area contributed by atoms with Gasteiger partial charge in [-0.1, -0.05) is 12.8 Å². The summed E-state index contributed by atoms with van der Waals surface area (Å²) in [6.07, 6.45) is 5.25. The van der Waals surface area contributed by atoms with Crippen molar-refractivity contribution in [3.63, 3.8) is 0 Å². The molecule has 2 rings (SSSR count). The summed E-state index contributed by atoms with van der Waals surface area (Å²) in [5, 5.41) is 3.03. The van der Waals surface area contributed by atoms with E-state index < -0.39 is 0 Å². The zero-order valence-corrected chi connectivity index (χ0v) is 9.18. The van der Waals surface area contributed by atoms with Crippen LogP contribution in [-0.2, 0) is 0 Å². The van der Waals surface area contributed by atoms with E-state index in [1.165, 1.54) is 25.7 Å². The first-order chi connectivity index (χ1) is 6.63. The quantitative estimate of drug-likeness (QED) is 0.683. The first-order valence-electron chi connectivity index (χ1n) is 5.67. The van der Waals surface area contributed by atoms with Gasteiger partial charge in [-0.25, -0.2) is 4.79 Å². The lowest BCUT2D eigenvalue weighted by Gasteiger charge is -2.42.